The summed E-state index contributed by atoms with van der Waals surface area (Å²) in [5.74, 6) is 0.0361. The maximum atomic E-state index is 14.0. The van der Waals surface area contributed by atoms with Gasteiger partial charge in [-0.2, -0.15) is 17.2 Å². The van der Waals surface area contributed by atoms with Crippen molar-refractivity contribution in [3.8, 4) is 23.0 Å². The molecule has 13 rings (SSSR count). The molecule has 1 aliphatic carbocycles. The van der Waals surface area contributed by atoms with Crippen LogP contribution in [0.2, 0.25) is 0 Å². The van der Waals surface area contributed by atoms with Gasteiger partial charge in [0.2, 0.25) is 40.1 Å². The van der Waals surface area contributed by atoms with Crippen LogP contribution in [0.15, 0.2) is 164 Å². The fraction of sp³-hybridized carbons (Fsp3) is 0.355. The maximum absolute atomic E-state index is 14.0. The Morgan fingerprint density at radius 3 is 1.51 bits per heavy atom. The predicted octanol–water partition coefficient (Wildman–Crippen LogP) is 5.93. The van der Waals surface area contributed by atoms with Gasteiger partial charge in [0.25, 0.3) is 5.91 Å². The molecule has 30 heteroatoms. The van der Waals surface area contributed by atoms with Gasteiger partial charge >= 0.3 is 0 Å². The number of hydrogen-bond donors (Lipinski definition) is 1. The van der Waals surface area contributed by atoms with Crippen LogP contribution in [0.1, 0.15) is 35.2 Å². The maximum Gasteiger partial charge on any atom is 0.253 e. The normalized spacial score (nSPS) is 18.2. The lowest BCUT2D eigenvalue weighted by Gasteiger charge is -2.34. The predicted molar refractivity (Wildman–Crippen MR) is 336 cm³/mol. The molecule has 1 amide bonds. The Hall–Kier alpha value is -7.39. The molecule has 4 fully saturated rings. The Kier molecular flexibility index (Phi) is 19.9. The number of carbonyl (C=O) groups is 1. The van der Waals surface area contributed by atoms with Gasteiger partial charge in [0.15, 0.2) is 37.7 Å². The van der Waals surface area contributed by atoms with Crippen molar-refractivity contribution >= 4 is 72.4 Å². The number of ether oxygens (including phenoxy) is 4. The number of halogens is 2. The zero-order valence-corrected chi connectivity index (χ0v) is 53.9. The van der Waals surface area contributed by atoms with E-state index in [1.165, 1.54) is 63.9 Å². The lowest BCUT2D eigenvalue weighted by atomic mass is 10.1. The van der Waals surface area contributed by atoms with Gasteiger partial charge in [-0.05, 0) is 110 Å². The van der Waals surface area contributed by atoms with Crippen LogP contribution in [0.4, 0.5) is 14.5 Å². The summed E-state index contributed by atoms with van der Waals surface area (Å²) < 4.78 is 184. The number of amides is 1. The lowest BCUT2D eigenvalue weighted by Crippen LogP contribution is -2.50. The van der Waals surface area contributed by atoms with Crippen molar-refractivity contribution in [2.24, 2.45) is 5.92 Å². The number of aromatic nitrogens is 1. The summed E-state index contributed by atoms with van der Waals surface area (Å²) in [6.45, 7) is 5.73. The number of nitrogen functional groups attached to an aromatic ring is 1. The fourth-order valence-corrected chi connectivity index (χ4v) is 18.7. The van der Waals surface area contributed by atoms with E-state index in [0.29, 0.717) is 78.2 Å². The highest BCUT2D eigenvalue weighted by Crippen LogP contribution is 2.36. The number of rotatable bonds is 14. The van der Waals surface area contributed by atoms with Crippen molar-refractivity contribution in [2.75, 3.05) is 117 Å². The minimum atomic E-state index is -4.44. The smallest absolute Gasteiger partial charge is 0.253 e. The molecule has 0 unspecified atom stereocenters. The number of anilines is 1. The summed E-state index contributed by atoms with van der Waals surface area (Å²) in [5.41, 5.74) is 7.82. The summed E-state index contributed by atoms with van der Waals surface area (Å²) in [4.78, 5) is 20.9. The first-order valence-electron chi connectivity index (χ1n) is 29.8. The van der Waals surface area contributed by atoms with E-state index in [1.54, 1.807) is 66.9 Å². The van der Waals surface area contributed by atoms with E-state index in [9.17, 15) is 55.7 Å². The van der Waals surface area contributed by atoms with E-state index in [4.69, 9.17) is 24.7 Å². The zero-order valence-electron chi connectivity index (χ0n) is 49.8. The third-order valence-corrected chi connectivity index (χ3v) is 25.6. The van der Waals surface area contributed by atoms with E-state index in [2.05, 4.69) is 9.88 Å². The van der Waals surface area contributed by atoms with Crippen LogP contribution in [0.3, 0.4) is 0 Å². The Morgan fingerprint density at radius 2 is 0.978 bits per heavy atom. The number of benzene rings is 6. The monoisotopic (exact) mass is 1360 g/mol. The third kappa shape index (κ3) is 14.8. The number of nitrogens with two attached hydrogens (primary N) is 1. The van der Waals surface area contributed by atoms with Gasteiger partial charge < -0.3 is 29.6 Å². The minimum absolute atomic E-state index is 0.0109. The van der Waals surface area contributed by atoms with Crippen molar-refractivity contribution in [3.63, 3.8) is 0 Å². The van der Waals surface area contributed by atoms with Gasteiger partial charge in [-0.1, -0.05) is 42.5 Å². The molecule has 92 heavy (non-hydrogen) atoms. The first-order valence-corrected chi connectivity index (χ1v) is 37.2. The van der Waals surface area contributed by atoms with Gasteiger partial charge in [0, 0.05) is 120 Å². The molecule has 7 aromatic rings. The van der Waals surface area contributed by atoms with Gasteiger partial charge in [0.05, 0.1) is 30.9 Å². The molecule has 6 aliphatic rings. The summed E-state index contributed by atoms with van der Waals surface area (Å²) >= 11 is 0. The Morgan fingerprint density at radius 1 is 0.500 bits per heavy atom. The first kappa shape index (κ1) is 66.1. The fourth-order valence-electron chi connectivity index (χ4n) is 11.2. The highest BCUT2D eigenvalue weighted by atomic mass is 32.2. The number of para-hydroxylation sites is 1. The van der Waals surface area contributed by atoms with Gasteiger partial charge in [-0.3, -0.25) is 14.7 Å². The van der Waals surface area contributed by atoms with Gasteiger partial charge in [0.1, 0.15) is 38.1 Å². The molecular formula is C62H68F2N8O15S5. The average Bonchev–Trinajstić information content (AvgIpc) is 1.04. The van der Waals surface area contributed by atoms with E-state index in [-0.39, 0.29) is 83.6 Å². The number of hydrogen-bond acceptors (Lipinski definition) is 18. The number of carbonyl (C=O) groups excluding carboxylic acids is 1. The van der Waals surface area contributed by atoms with Crippen molar-refractivity contribution < 1.29 is 74.6 Å². The van der Waals surface area contributed by atoms with Crippen LogP contribution in [-0.4, -0.2) is 192 Å². The van der Waals surface area contributed by atoms with E-state index in [1.807, 2.05) is 17.0 Å². The largest absolute Gasteiger partial charge is 0.486 e. The molecule has 23 nitrogen and oxygen atoms in total. The van der Waals surface area contributed by atoms with Crippen molar-refractivity contribution in [2.45, 2.75) is 49.5 Å². The molecule has 5 aliphatic heterocycles. The summed E-state index contributed by atoms with van der Waals surface area (Å²) in [6, 6.07) is 33.5. The quantitative estimate of drug-likeness (QED) is 0.123. The van der Waals surface area contributed by atoms with Crippen LogP contribution >= 0.6 is 0 Å². The van der Waals surface area contributed by atoms with Crippen LogP contribution in [0, 0.1) is 17.6 Å². The highest BCUT2D eigenvalue weighted by molar-refractivity contribution is 7.91. The Bertz CT molecular complexity index is 4440. The molecule has 0 spiro atoms. The molecule has 0 radical (unpaired) electrons. The number of piperazine rings is 2. The average molecular weight is 1360 g/mol. The van der Waals surface area contributed by atoms with Crippen molar-refractivity contribution in [1.29, 1.82) is 0 Å². The Labute approximate surface area is 534 Å². The lowest BCUT2D eigenvalue weighted by molar-refractivity contribution is 0.0632. The number of nitrogens with zero attached hydrogens (tertiary/aromatic N) is 7. The van der Waals surface area contributed by atoms with Gasteiger partial charge in [-0.25, -0.2) is 50.9 Å². The number of pyridine rings is 1. The van der Waals surface area contributed by atoms with Crippen LogP contribution < -0.4 is 24.7 Å². The first-order chi connectivity index (χ1) is 44.0. The molecule has 6 aromatic carbocycles. The topological polar surface area (TPSA) is 283 Å². The standard InChI is InChI=1S/C25H27N3O3S.C19H23N3O6S2.C18H18F2N2O6S2/c29-25(28-15-13-27(14-16-28)17-19-6-7-19)22-10-8-20(9-11-22)18-32(30,31)23-5-1-3-21-4-2-12-26-24(21)23;20-15-3-1-4-16(13-15)29(23,24)21-7-2-8-22(10-9-21)30(25,26)17-5-6-18-19(14-17)28-12-11-27-18;19-14-2-1-3-15(20)18(14)30(25,26)22-8-6-21(7-9-22)29(23,24)13-4-5-16-17(12-13)28-11-10-27-16/h1-5,8-12,19H,6-7,13-18H2;1,3-6,13-14H,2,7-12,20H2;1-5,12H,6-11H2. The molecule has 1 aromatic heterocycles. The SMILES string of the molecule is Nc1cccc(S(=O)(=O)N2CCCN(S(=O)(=O)c3ccc4c(c3)OCCO4)CC2)c1.O=C(c1ccc(CS(=O)(=O)c2cccc3cccnc23)cc1)N1CCN(CC2CC2)CC1.O=S(=O)(c1ccc2c(c1)OCCO2)N1CCN(S(=O)(=O)c2c(F)cccc2F)CC1. The highest BCUT2D eigenvalue weighted by Gasteiger charge is 2.38. The minimum Gasteiger partial charge on any atom is -0.486 e. The third-order valence-electron chi connectivity index (χ3n) is 16.3. The molecule has 2 N–H and O–H groups in total. The van der Waals surface area contributed by atoms with Crippen LogP contribution in [0.25, 0.3) is 10.9 Å². The summed E-state index contributed by atoms with van der Waals surface area (Å²) in [5, 5.41) is 0.798. The number of fused-ring (bicyclic) bond motifs is 3. The second-order valence-corrected chi connectivity index (χ2v) is 32.2. The van der Waals surface area contributed by atoms with Crippen molar-refractivity contribution in [3.05, 3.63) is 162 Å². The molecule has 0 atom stereocenters. The molecule has 490 valence electrons. The summed E-state index contributed by atoms with van der Waals surface area (Å²) in [7, 11) is -19.5. The molecule has 3 saturated heterocycles. The summed E-state index contributed by atoms with van der Waals surface area (Å²) in [6.07, 6.45) is 4.68. The number of sulfone groups is 1. The molecular weight excluding hydrogens is 1300 g/mol. The van der Waals surface area contributed by atoms with Crippen LogP contribution in [-0.2, 0) is 55.7 Å². The van der Waals surface area contributed by atoms with Crippen molar-refractivity contribution in [1.82, 2.24) is 32.0 Å². The second-order valence-electron chi connectivity index (χ2n) is 22.5. The second kappa shape index (κ2) is 27.7. The molecule has 0 bridgehead atoms. The zero-order chi connectivity index (χ0) is 65.0. The molecule has 1 saturated carbocycles. The molecule has 6 heterocycles. The number of sulfonamides is 4. The van der Waals surface area contributed by atoms with Gasteiger partial charge in [-0.15, -0.1) is 0 Å². The van der Waals surface area contributed by atoms with E-state index < -0.39 is 66.5 Å². The van der Waals surface area contributed by atoms with Crippen LogP contribution in [0.5, 0.6) is 23.0 Å². The van der Waals surface area contributed by atoms with E-state index >= 15 is 0 Å². The van der Waals surface area contributed by atoms with E-state index in [0.717, 1.165) is 70.8 Å². The Balaban J connectivity index is 0.000000141.